The largest absolute Gasteiger partial charge is 0.508 e. The highest BCUT2D eigenvalue weighted by molar-refractivity contribution is 9.10. The van der Waals surface area contributed by atoms with Crippen molar-refractivity contribution >= 4 is 45.4 Å². The maximum Gasteiger partial charge on any atom is 0.260 e. The molecule has 186 valence electrons. The van der Waals surface area contributed by atoms with Crippen LogP contribution in [0.25, 0.3) is 17.4 Å². The van der Waals surface area contributed by atoms with Gasteiger partial charge in [-0.3, -0.25) is 9.59 Å². The third kappa shape index (κ3) is 4.80. The Bertz CT molecular complexity index is 1340. The summed E-state index contributed by atoms with van der Waals surface area (Å²) in [6.45, 7) is 3.49. The number of amides is 2. The zero-order valence-corrected chi connectivity index (χ0v) is 22.0. The Morgan fingerprint density at radius 3 is 2.72 bits per heavy atom. The number of aromatic hydroxyl groups is 1. The third-order valence-electron chi connectivity index (χ3n) is 6.93. The second kappa shape index (κ2) is 10.1. The van der Waals surface area contributed by atoms with Gasteiger partial charge in [0.25, 0.3) is 5.91 Å². The molecule has 36 heavy (non-hydrogen) atoms. The van der Waals surface area contributed by atoms with E-state index in [9.17, 15) is 14.7 Å². The van der Waals surface area contributed by atoms with Crippen LogP contribution in [0.15, 0.2) is 57.5 Å². The number of halogens is 2. The SMILES string of the molecule is Cc1noc(-c2ccc(Br)cc2)c1C(=O)N1CCC[C@@H]2CN(C(=O)/C=C/c3ccc(O)cc3Cl)C[C@H]21. The summed E-state index contributed by atoms with van der Waals surface area (Å²) in [5.41, 5.74) is 2.47. The number of aryl methyl sites for hydroxylation is 1. The third-order valence-corrected chi connectivity index (χ3v) is 7.78. The lowest BCUT2D eigenvalue weighted by molar-refractivity contribution is -0.125. The van der Waals surface area contributed by atoms with E-state index in [-0.39, 0.29) is 29.5 Å². The van der Waals surface area contributed by atoms with Gasteiger partial charge in [0, 0.05) is 35.7 Å². The Morgan fingerprint density at radius 2 is 1.97 bits per heavy atom. The summed E-state index contributed by atoms with van der Waals surface area (Å²) in [6, 6.07) is 12.2. The maximum absolute atomic E-state index is 13.8. The number of aromatic nitrogens is 1. The minimum absolute atomic E-state index is 0.0621. The lowest BCUT2D eigenvalue weighted by atomic mass is 9.91. The molecule has 9 heteroatoms. The molecule has 2 fully saturated rings. The fraction of sp³-hybridized carbons (Fsp3) is 0.296. The topological polar surface area (TPSA) is 86.9 Å². The van der Waals surface area contributed by atoms with Gasteiger partial charge in [-0.1, -0.05) is 32.7 Å². The zero-order valence-electron chi connectivity index (χ0n) is 19.7. The van der Waals surface area contributed by atoms with Crippen molar-refractivity contribution in [3.8, 4) is 17.1 Å². The Kier molecular flexibility index (Phi) is 6.90. The summed E-state index contributed by atoms with van der Waals surface area (Å²) in [4.78, 5) is 30.5. The molecule has 2 saturated heterocycles. The Morgan fingerprint density at radius 1 is 1.19 bits per heavy atom. The summed E-state index contributed by atoms with van der Waals surface area (Å²) in [7, 11) is 0. The van der Waals surface area contributed by atoms with Gasteiger partial charge in [0.1, 0.15) is 11.3 Å². The van der Waals surface area contributed by atoms with Gasteiger partial charge < -0.3 is 19.4 Å². The first-order chi connectivity index (χ1) is 17.3. The Balaban J connectivity index is 1.34. The normalized spacial score (nSPS) is 19.6. The monoisotopic (exact) mass is 569 g/mol. The first-order valence-corrected chi connectivity index (χ1v) is 13.0. The summed E-state index contributed by atoms with van der Waals surface area (Å²) in [5.74, 6) is 0.517. The highest BCUT2D eigenvalue weighted by atomic mass is 79.9. The summed E-state index contributed by atoms with van der Waals surface area (Å²) < 4.78 is 6.52. The molecule has 0 radical (unpaired) electrons. The van der Waals surface area contributed by atoms with Crippen LogP contribution in [0.1, 0.15) is 34.5 Å². The number of phenols is 1. The molecular formula is C27H25BrClN3O4. The summed E-state index contributed by atoms with van der Waals surface area (Å²) in [6.07, 6.45) is 5.00. The van der Waals surface area contributed by atoms with E-state index < -0.39 is 0 Å². The van der Waals surface area contributed by atoms with Gasteiger partial charge in [-0.25, -0.2) is 0 Å². The van der Waals surface area contributed by atoms with Crippen LogP contribution in [0.3, 0.4) is 0 Å². The van der Waals surface area contributed by atoms with Crippen LogP contribution >= 0.6 is 27.5 Å². The number of carbonyl (C=O) groups excluding carboxylic acids is 2. The molecule has 1 N–H and O–H groups in total. The van der Waals surface area contributed by atoms with Gasteiger partial charge in [0.15, 0.2) is 5.76 Å². The first-order valence-electron chi connectivity index (χ1n) is 11.8. The van der Waals surface area contributed by atoms with Crippen LogP contribution < -0.4 is 0 Å². The van der Waals surface area contributed by atoms with Crippen LogP contribution in [0, 0.1) is 12.8 Å². The van der Waals surface area contributed by atoms with E-state index in [1.165, 1.54) is 18.2 Å². The maximum atomic E-state index is 13.8. The molecular weight excluding hydrogens is 546 g/mol. The molecule has 2 amide bonds. The highest BCUT2D eigenvalue weighted by Gasteiger charge is 2.43. The predicted molar refractivity (Wildman–Crippen MR) is 141 cm³/mol. The molecule has 0 bridgehead atoms. The quantitative estimate of drug-likeness (QED) is 0.416. The van der Waals surface area contributed by atoms with E-state index in [2.05, 4.69) is 21.1 Å². The standard InChI is InChI=1S/C27H25BrClN3O4/c1-16-25(26(36-30-16)18-4-8-20(28)9-5-18)27(35)32-12-2-3-19-14-31(15-23(19)32)24(34)11-7-17-6-10-21(33)13-22(17)29/h4-11,13,19,23,33H,2-3,12,14-15H2,1H3/b11-7+/t19-,23-/m1/s1. The molecule has 2 aliphatic rings. The Hall–Kier alpha value is -3.10. The number of nitrogens with zero attached hydrogens (tertiary/aromatic N) is 3. The summed E-state index contributed by atoms with van der Waals surface area (Å²) in [5, 5.41) is 14.0. The van der Waals surface area contributed by atoms with Crippen molar-refractivity contribution in [1.82, 2.24) is 15.0 Å². The van der Waals surface area contributed by atoms with Crippen molar-refractivity contribution in [2.45, 2.75) is 25.8 Å². The number of hydrogen-bond acceptors (Lipinski definition) is 5. The van der Waals surface area contributed by atoms with Crippen molar-refractivity contribution in [2.24, 2.45) is 5.92 Å². The van der Waals surface area contributed by atoms with Crippen molar-refractivity contribution in [3.05, 3.63) is 74.9 Å². The average molecular weight is 571 g/mol. The number of fused-ring (bicyclic) bond motifs is 1. The second-order valence-electron chi connectivity index (χ2n) is 9.23. The van der Waals surface area contributed by atoms with Gasteiger partial charge in [-0.15, -0.1) is 0 Å². The van der Waals surface area contributed by atoms with Gasteiger partial charge in [0.05, 0.1) is 16.8 Å². The second-order valence-corrected chi connectivity index (χ2v) is 10.6. The number of hydrogen-bond donors (Lipinski definition) is 1. The number of carbonyl (C=O) groups is 2. The number of likely N-dealkylation sites (tertiary alicyclic amines) is 2. The van der Waals surface area contributed by atoms with Gasteiger partial charge >= 0.3 is 0 Å². The Labute approximate surface area is 222 Å². The number of benzene rings is 2. The lowest BCUT2D eigenvalue weighted by Gasteiger charge is -2.36. The molecule has 2 aromatic carbocycles. The fourth-order valence-corrected chi connectivity index (χ4v) is 5.60. The van der Waals surface area contributed by atoms with Crippen molar-refractivity contribution < 1.29 is 19.2 Å². The number of phenolic OH excluding ortho intramolecular Hbond substituents is 1. The molecule has 0 saturated carbocycles. The minimum Gasteiger partial charge on any atom is -0.508 e. The molecule has 3 aromatic rings. The van der Waals surface area contributed by atoms with Crippen LogP contribution in [0.5, 0.6) is 5.75 Å². The van der Waals surface area contributed by atoms with Crippen LogP contribution in [-0.2, 0) is 4.79 Å². The van der Waals surface area contributed by atoms with E-state index in [1.54, 1.807) is 24.0 Å². The molecule has 2 aliphatic heterocycles. The first kappa shape index (κ1) is 24.6. The molecule has 3 heterocycles. The predicted octanol–water partition coefficient (Wildman–Crippen LogP) is 5.55. The summed E-state index contributed by atoms with van der Waals surface area (Å²) >= 11 is 9.59. The molecule has 5 rings (SSSR count). The molecule has 2 atom stereocenters. The molecule has 0 unspecified atom stereocenters. The molecule has 7 nitrogen and oxygen atoms in total. The van der Waals surface area contributed by atoms with Crippen LogP contribution in [0.4, 0.5) is 0 Å². The average Bonchev–Trinajstić information content (AvgIpc) is 3.47. The number of rotatable bonds is 4. The minimum atomic E-state index is -0.127. The number of piperidine rings is 1. The molecule has 0 spiro atoms. The van der Waals surface area contributed by atoms with Crippen molar-refractivity contribution in [3.63, 3.8) is 0 Å². The van der Waals surface area contributed by atoms with E-state index in [1.807, 2.05) is 29.2 Å². The highest BCUT2D eigenvalue weighted by Crippen LogP contribution is 2.35. The zero-order chi connectivity index (χ0) is 25.4. The van der Waals surface area contributed by atoms with Gasteiger partial charge in [0.2, 0.25) is 5.91 Å². The van der Waals surface area contributed by atoms with E-state index in [4.69, 9.17) is 16.1 Å². The molecule has 1 aromatic heterocycles. The van der Waals surface area contributed by atoms with Crippen molar-refractivity contribution in [2.75, 3.05) is 19.6 Å². The van der Waals surface area contributed by atoms with E-state index in [0.717, 1.165) is 22.9 Å². The van der Waals surface area contributed by atoms with E-state index >= 15 is 0 Å². The fourth-order valence-electron chi connectivity index (χ4n) is 5.09. The van der Waals surface area contributed by atoms with Crippen molar-refractivity contribution in [1.29, 1.82) is 0 Å². The van der Waals surface area contributed by atoms with Crippen LogP contribution in [-0.4, -0.2) is 57.6 Å². The van der Waals surface area contributed by atoms with Gasteiger partial charge in [-0.05, 0) is 79.8 Å². The molecule has 0 aliphatic carbocycles. The lowest BCUT2D eigenvalue weighted by Crippen LogP contribution is -2.48. The van der Waals surface area contributed by atoms with Gasteiger partial charge in [-0.2, -0.15) is 0 Å². The van der Waals surface area contributed by atoms with Crippen LogP contribution in [0.2, 0.25) is 5.02 Å². The van der Waals surface area contributed by atoms with E-state index in [0.29, 0.717) is 47.2 Å². The smallest absolute Gasteiger partial charge is 0.260 e.